The second kappa shape index (κ2) is 7.25. The largest absolute Gasteiger partial charge is 0.495 e. The van der Waals surface area contributed by atoms with Crippen LogP contribution >= 0.6 is 0 Å². The molecule has 6 nitrogen and oxygen atoms in total. The van der Waals surface area contributed by atoms with Gasteiger partial charge in [0.2, 0.25) is 11.8 Å². The number of para-hydroxylation sites is 2. The minimum absolute atomic E-state index is 0.0247. The van der Waals surface area contributed by atoms with E-state index in [2.05, 4.69) is 10.6 Å². The van der Waals surface area contributed by atoms with Gasteiger partial charge in [-0.15, -0.1) is 0 Å². The third-order valence-corrected chi connectivity index (χ3v) is 4.02. The molecule has 1 aliphatic heterocycles. The molecule has 6 heteroatoms. The number of hydrogen-bond donors (Lipinski definition) is 2. The van der Waals surface area contributed by atoms with E-state index >= 15 is 0 Å². The van der Waals surface area contributed by atoms with E-state index in [9.17, 15) is 9.59 Å². The van der Waals surface area contributed by atoms with Crippen LogP contribution in [-0.2, 0) is 9.59 Å². The molecule has 0 saturated heterocycles. The summed E-state index contributed by atoms with van der Waals surface area (Å²) in [4.78, 5) is 24.7. The second-order valence-corrected chi connectivity index (χ2v) is 5.95. The average Bonchev–Trinajstić information content (AvgIpc) is 2.74. The van der Waals surface area contributed by atoms with E-state index in [-0.39, 0.29) is 24.8 Å². The summed E-state index contributed by atoms with van der Waals surface area (Å²) < 4.78 is 10.9. The number of carbonyl (C=O) groups excluding carboxylic acids is 2. The lowest BCUT2D eigenvalue weighted by Gasteiger charge is -2.14. The summed E-state index contributed by atoms with van der Waals surface area (Å²) >= 11 is 0. The van der Waals surface area contributed by atoms with Crippen LogP contribution in [0.25, 0.3) is 0 Å². The maximum Gasteiger partial charge on any atom is 0.231 e. The number of anilines is 2. The molecule has 3 rings (SSSR count). The summed E-state index contributed by atoms with van der Waals surface area (Å²) in [6.45, 7) is 2.08. The third kappa shape index (κ3) is 3.91. The van der Waals surface area contributed by atoms with Crippen molar-refractivity contribution >= 4 is 23.2 Å². The fraction of sp³-hybridized carbons (Fsp3) is 0.263. The molecule has 0 bridgehead atoms. The van der Waals surface area contributed by atoms with Gasteiger partial charge in [-0.1, -0.05) is 18.2 Å². The zero-order chi connectivity index (χ0) is 17.8. The molecule has 2 amide bonds. The summed E-state index contributed by atoms with van der Waals surface area (Å²) in [7, 11) is 1.55. The molecule has 0 saturated carbocycles. The molecule has 25 heavy (non-hydrogen) atoms. The summed E-state index contributed by atoms with van der Waals surface area (Å²) in [6.07, 6.45) is 0.0247. The summed E-state index contributed by atoms with van der Waals surface area (Å²) in [5.74, 6) is 0.130. The summed E-state index contributed by atoms with van der Waals surface area (Å²) in [6, 6.07) is 12.7. The van der Waals surface area contributed by atoms with Crippen LogP contribution in [0.5, 0.6) is 11.5 Å². The molecule has 130 valence electrons. The predicted octanol–water partition coefficient (Wildman–Crippen LogP) is 2.98. The Hall–Kier alpha value is -3.02. The first-order chi connectivity index (χ1) is 12.1. The molecule has 0 aromatic heterocycles. The van der Waals surface area contributed by atoms with Crippen LogP contribution in [0.15, 0.2) is 42.5 Å². The second-order valence-electron chi connectivity index (χ2n) is 5.95. The number of ether oxygens (including phenoxy) is 2. The Balaban J connectivity index is 1.67. The van der Waals surface area contributed by atoms with E-state index in [0.717, 1.165) is 5.56 Å². The van der Waals surface area contributed by atoms with Crippen molar-refractivity contribution in [2.45, 2.75) is 13.3 Å². The number of fused-ring (bicyclic) bond motifs is 1. The molecular formula is C19H20N2O4. The Morgan fingerprint density at radius 1 is 1.32 bits per heavy atom. The molecule has 0 aliphatic carbocycles. The maximum atomic E-state index is 12.4. The Kier molecular flexibility index (Phi) is 4.88. The molecule has 2 aromatic carbocycles. The molecule has 1 aliphatic rings. The Morgan fingerprint density at radius 3 is 2.92 bits per heavy atom. The minimum atomic E-state index is -0.566. The third-order valence-electron chi connectivity index (χ3n) is 4.02. The highest BCUT2D eigenvalue weighted by molar-refractivity contribution is 6.00. The fourth-order valence-corrected chi connectivity index (χ4v) is 2.69. The SMILES string of the molecule is COc1ccc(C)cc1NC(=O)C[C@H]1COc2ccccc2NC1=O. The van der Waals surface area contributed by atoms with Gasteiger partial charge in [0.25, 0.3) is 0 Å². The van der Waals surface area contributed by atoms with Gasteiger partial charge in [-0.3, -0.25) is 9.59 Å². The molecule has 2 aromatic rings. The zero-order valence-electron chi connectivity index (χ0n) is 14.2. The van der Waals surface area contributed by atoms with E-state index in [1.165, 1.54) is 0 Å². The quantitative estimate of drug-likeness (QED) is 0.897. The first kappa shape index (κ1) is 16.8. The van der Waals surface area contributed by atoms with Crippen LogP contribution in [0.4, 0.5) is 11.4 Å². The average molecular weight is 340 g/mol. The van der Waals surface area contributed by atoms with Gasteiger partial charge < -0.3 is 20.1 Å². The normalized spacial score (nSPS) is 16.1. The Morgan fingerprint density at radius 2 is 2.12 bits per heavy atom. The lowest BCUT2D eigenvalue weighted by molar-refractivity contribution is -0.125. The molecule has 0 fully saturated rings. The molecule has 1 heterocycles. The van der Waals surface area contributed by atoms with Crippen molar-refractivity contribution in [3.8, 4) is 11.5 Å². The highest BCUT2D eigenvalue weighted by atomic mass is 16.5. The first-order valence-corrected chi connectivity index (χ1v) is 8.04. The lowest BCUT2D eigenvalue weighted by Crippen LogP contribution is -2.29. The molecule has 1 atom stereocenters. The number of rotatable bonds is 4. The van der Waals surface area contributed by atoms with Gasteiger partial charge in [0, 0.05) is 6.42 Å². The van der Waals surface area contributed by atoms with Gasteiger partial charge in [0.1, 0.15) is 18.1 Å². The van der Waals surface area contributed by atoms with Gasteiger partial charge in [-0.2, -0.15) is 0 Å². The number of aryl methyl sites for hydroxylation is 1. The van der Waals surface area contributed by atoms with Crippen LogP contribution in [0, 0.1) is 12.8 Å². The summed E-state index contributed by atoms with van der Waals surface area (Å²) in [5.41, 5.74) is 2.21. The van der Waals surface area contributed by atoms with E-state index in [4.69, 9.17) is 9.47 Å². The first-order valence-electron chi connectivity index (χ1n) is 8.04. The van der Waals surface area contributed by atoms with Gasteiger partial charge in [-0.25, -0.2) is 0 Å². The van der Waals surface area contributed by atoms with Crippen molar-refractivity contribution in [1.29, 1.82) is 0 Å². The van der Waals surface area contributed by atoms with Gasteiger partial charge in [0.05, 0.1) is 24.4 Å². The van der Waals surface area contributed by atoms with Gasteiger partial charge in [-0.05, 0) is 36.8 Å². The van der Waals surface area contributed by atoms with E-state index in [1.807, 2.05) is 31.2 Å². The number of carbonyl (C=O) groups is 2. The van der Waals surface area contributed by atoms with Crippen molar-refractivity contribution in [3.63, 3.8) is 0 Å². The number of hydrogen-bond acceptors (Lipinski definition) is 4. The molecule has 2 N–H and O–H groups in total. The molecular weight excluding hydrogens is 320 g/mol. The van der Waals surface area contributed by atoms with Crippen LogP contribution < -0.4 is 20.1 Å². The van der Waals surface area contributed by atoms with E-state index in [1.54, 1.807) is 25.3 Å². The minimum Gasteiger partial charge on any atom is -0.495 e. The van der Waals surface area contributed by atoms with Gasteiger partial charge >= 0.3 is 0 Å². The predicted molar refractivity (Wildman–Crippen MR) is 95.0 cm³/mol. The van der Waals surface area contributed by atoms with Crippen molar-refractivity contribution in [3.05, 3.63) is 48.0 Å². The van der Waals surface area contributed by atoms with Crippen molar-refractivity contribution in [2.24, 2.45) is 5.92 Å². The number of amides is 2. The standard InChI is InChI=1S/C19H20N2O4/c1-12-7-8-16(24-2)15(9-12)20-18(22)10-13-11-25-17-6-4-3-5-14(17)21-19(13)23/h3-9,13H,10-11H2,1-2H3,(H,20,22)(H,21,23)/t13-/m0/s1. The number of benzene rings is 2. The zero-order valence-corrected chi connectivity index (χ0v) is 14.2. The summed E-state index contributed by atoms with van der Waals surface area (Å²) in [5, 5.41) is 5.62. The topological polar surface area (TPSA) is 76.7 Å². The fourth-order valence-electron chi connectivity index (χ4n) is 2.69. The smallest absolute Gasteiger partial charge is 0.231 e. The lowest BCUT2D eigenvalue weighted by atomic mass is 10.1. The van der Waals surface area contributed by atoms with Crippen LogP contribution in [0.2, 0.25) is 0 Å². The molecule has 0 spiro atoms. The van der Waals surface area contributed by atoms with Crippen LogP contribution in [0.3, 0.4) is 0 Å². The maximum absolute atomic E-state index is 12.4. The Labute approximate surface area is 146 Å². The van der Waals surface area contributed by atoms with Crippen molar-refractivity contribution in [2.75, 3.05) is 24.4 Å². The van der Waals surface area contributed by atoms with Crippen molar-refractivity contribution in [1.82, 2.24) is 0 Å². The number of methoxy groups -OCH3 is 1. The van der Waals surface area contributed by atoms with E-state index in [0.29, 0.717) is 22.9 Å². The van der Waals surface area contributed by atoms with E-state index < -0.39 is 5.92 Å². The van der Waals surface area contributed by atoms with Crippen LogP contribution in [0.1, 0.15) is 12.0 Å². The van der Waals surface area contributed by atoms with Gasteiger partial charge in [0.15, 0.2) is 0 Å². The Bertz CT molecular complexity index is 804. The number of nitrogens with one attached hydrogen (secondary N) is 2. The highest BCUT2D eigenvalue weighted by Crippen LogP contribution is 2.29. The molecule has 0 radical (unpaired) electrons. The highest BCUT2D eigenvalue weighted by Gasteiger charge is 2.27. The molecule has 0 unspecified atom stereocenters. The van der Waals surface area contributed by atoms with Crippen LogP contribution in [-0.4, -0.2) is 25.5 Å². The van der Waals surface area contributed by atoms with Crippen molar-refractivity contribution < 1.29 is 19.1 Å². The monoisotopic (exact) mass is 340 g/mol.